The number of ether oxygens (including phenoxy) is 1. The van der Waals surface area contributed by atoms with Crippen LogP contribution in [0.15, 0.2) is 30.3 Å². The molecular weight excluding hydrogens is 256 g/mol. The lowest BCUT2D eigenvalue weighted by molar-refractivity contribution is 0.137. The molecule has 0 aromatic heterocycles. The van der Waals surface area contributed by atoms with E-state index in [0.717, 1.165) is 5.56 Å². The molecule has 100 valence electrons. The molecular formula is C11H16N2O4S. The summed E-state index contributed by atoms with van der Waals surface area (Å²) in [6, 6.07) is 8.57. The lowest BCUT2D eigenvalue weighted by Gasteiger charge is -2.12. The molecule has 0 aliphatic heterocycles. The number of alkyl carbamates (subject to hydrolysis) is 1. The average molecular weight is 272 g/mol. The zero-order valence-electron chi connectivity index (χ0n) is 10.00. The fourth-order valence-electron chi connectivity index (χ4n) is 1.36. The number of carbonyl (C=O) groups is 1. The van der Waals surface area contributed by atoms with Crippen molar-refractivity contribution in [2.75, 3.05) is 5.75 Å². The van der Waals surface area contributed by atoms with E-state index in [0.29, 0.717) is 0 Å². The molecule has 0 bridgehead atoms. The van der Waals surface area contributed by atoms with E-state index in [1.807, 2.05) is 30.3 Å². The Balaban J connectivity index is 2.34. The SMILES string of the molecule is CC(CS(N)(=O)=O)NC(=O)OCc1ccccc1. The highest BCUT2D eigenvalue weighted by Crippen LogP contribution is 2.00. The summed E-state index contributed by atoms with van der Waals surface area (Å²) in [5.41, 5.74) is 0.853. The maximum absolute atomic E-state index is 11.3. The number of benzene rings is 1. The predicted octanol–water partition coefficient (Wildman–Crippen LogP) is 0.590. The first kappa shape index (κ1) is 14.5. The van der Waals surface area contributed by atoms with Gasteiger partial charge < -0.3 is 10.1 Å². The number of hydrogen-bond donors (Lipinski definition) is 2. The van der Waals surface area contributed by atoms with Gasteiger partial charge in [0.2, 0.25) is 10.0 Å². The molecule has 0 radical (unpaired) electrons. The highest BCUT2D eigenvalue weighted by Gasteiger charge is 2.14. The quantitative estimate of drug-likeness (QED) is 0.819. The van der Waals surface area contributed by atoms with Crippen molar-refractivity contribution in [2.24, 2.45) is 5.14 Å². The Morgan fingerprint density at radius 3 is 2.56 bits per heavy atom. The minimum atomic E-state index is -3.61. The highest BCUT2D eigenvalue weighted by atomic mass is 32.2. The molecule has 0 aliphatic rings. The Bertz CT molecular complexity index is 487. The van der Waals surface area contributed by atoms with E-state index in [1.54, 1.807) is 0 Å². The van der Waals surface area contributed by atoms with E-state index in [9.17, 15) is 13.2 Å². The summed E-state index contributed by atoms with van der Waals surface area (Å²) < 4.78 is 26.5. The van der Waals surface area contributed by atoms with Crippen molar-refractivity contribution in [2.45, 2.75) is 19.6 Å². The largest absolute Gasteiger partial charge is 0.445 e. The summed E-state index contributed by atoms with van der Waals surface area (Å²) in [7, 11) is -3.61. The zero-order valence-corrected chi connectivity index (χ0v) is 10.8. The molecule has 0 saturated carbocycles. The van der Waals surface area contributed by atoms with Crippen molar-refractivity contribution in [3.8, 4) is 0 Å². The summed E-state index contributed by atoms with van der Waals surface area (Å²) >= 11 is 0. The number of sulfonamides is 1. The first-order chi connectivity index (χ1) is 8.37. The maximum atomic E-state index is 11.3. The molecule has 0 aliphatic carbocycles. The summed E-state index contributed by atoms with van der Waals surface area (Å²) in [5.74, 6) is -0.326. The van der Waals surface area contributed by atoms with Crippen molar-refractivity contribution in [1.29, 1.82) is 0 Å². The lowest BCUT2D eigenvalue weighted by Crippen LogP contribution is -2.39. The third kappa shape index (κ3) is 6.21. The molecule has 1 aromatic rings. The van der Waals surface area contributed by atoms with E-state index < -0.39 is 22.2 Å². The van der Waals surface area contributed by atoms with Gasteiger partial charge >= 0.3 is 6.09 Å². The van der Waals surface area contributed by atoms with Crippen LogP contribution in [0.4, 0.5) is 4.79 Å². The molecule has 0 spiro atoms. The van der Waals surface area contributed by atoms with Crippen molar-refractivity contribution in [3.05, 3.63) is 35.9 Å². The normalized spacial score (nSPS) is 12.8. The fraction of sp³-hybridized carbons (Fsp3) is 0.364. The topological polar surface area (TPSA) is 98.5 Å². The van der Waals surface area contributed by atoms with Gasteiger partial charge in [0, 0.05) is 6.04 Å². The number of nitrogens with one attached hydrogen (secondary N) is 1. The number of amides is 1. The van der Waals surface area contributed by atoms with Gasteiger partial charge in [-0.25, -0.2) is 18.4 Å². The molecule has 7 heteroatoms. The molecule has 0 fully saturated rings. The summed E-state index contributed by atoms with van der Waals surface area (Å²) in [4.78, 5) is 11.3. The Hall–Kier alpha value is -1.60. The number of nitrogens with two attached hydrogens (primary N) is 1. The second-order valence-electron chi connectivity index (χ2n) is 3.94. The van der Waals surface area contributed by atoms with Gasteiger partial charge in [-0.3, -0.25) is 0 Å². The van der Waals surface area contributed by atoms with E-state index in [-0.39, 0.29) is 12.4 Å². The van der Waals surface area contributed by atoms with Crippen LogP contribution in [0.1, 0.15) is 12.5 Å². The van der Waals surface area contributed by atoms with Gasteiger partial charge in [0.1, 0.15) is 6.61 Å². The van der Waals surface area contributed by atoms with Crippen LogP contribution in [-0.2, 0) is 21.4 Å². The molecule has 1 aromatic carbocycles. The average Bonchev–Trinajstić information content (AvgIpc) is 2.25. The zero-order chi connectivity index (χ0) is 13.6. The molecule has 6 nitrogen and oxygen atoms in total. The molecule has 1 unspecified atom stereocenters. The van der Waals surface area contributed by atoms with Gasteiger partial charge in [-0.2, -0.15) is 0 Å². The Kier molecular flexibility index (Phi) is 5.11. The van der Waals surface area contributed by atoms with Crippen molar-refractivity contribution >= 4 is 16.1 Å². The van der Waals surface area contributed by atoms with Crippen LogP contribution in [0, 0.1) is 0 Å². The molecule has 1 rings (SSSR count). The van der Waals surface area contributed by atoms with Gasteiger partial charge in [0.25, 0.3) is 0 Å². The van der Waals surface area contributed by atoms with Crippen molar-refractivity contribution in [1.82, 2.24) is 5.32 Å². The van der Waals surface area contributed by atoms with Crippen molar-refractivity contribution in [3.63, 3.8) is 0 Å². The van der Waals surface area contributed by atoms with Crippen LogP contribution in [0.5, 0.6) is 0 Å². The third-order valence-corrected chi connectivity index (χ3v) is 3.02. The smallest absolute Gasteiger partial charge is 0.407 e. The number of rotatable bonds is 5. The van der Waals surface area contributed by atoms with Gasteiger partial charge in [0.05, 0.1) is 5.75 Å². The molecule has 0 heterocycles. The van der Waals surface area contributed by atoms with E-state index in [4.69, 9.17) is 9.88 Å². The van der Waals surface area contributed by atoms with Crippen molar-refractivity contribution < 1.29 is 17.9 Å². The molecule has 1 atom stereocenters. The molecule has 0 saturated heterocycles. The third-order valence-electron chi connectivity index (χ3n) is 2.06. The standard InChI is InChI=1S/C11H16N2O4S/c1-9(8-18(12,15)16)13-11(14)17-7-10-5-3-2-4-6-10/h2-6,9H,7-8H2,1H3,(H,13,14)(H2,12,15,16). The van der Waals surface area contributed by atoms with Gasteiger partial charge in [-0.1, -0.05) is 30.3 Å². The van der Waals surface area contributed by atoms with Gasteiger partial charge in [0.15, 0.2) is 0 Å². The van der Waals surface area contributed by atoms with E-state index >= 15 is 0 Å². The van der Waals surface area contributed by atoms with Crippen LogP contribution in [0.3, 0.4) is 0 Å². The van der Waals surface area contributed by atoms with Crippen LogP contribution in [0.25, 0.3) is 0 Å². The summed E-state index contributed by atoms with van der Waals surface area (Å²) in [5, 5.41) is 7.24. The number of hydrogen-bond acceptors (Lipinski definition) is 4. The summed E-state index contributed by atoms with van der Waals surface area (Å²) in [6.45, 7) is 1.67. The van der Waals surface area contributed by atoms with Crippen LogP contribution >= 0.6 is 0 Å². The minimum absolute atomic E-state index is 0.134. The highest BCUT2D eigenvalue weighted by molar-refractivity contribution is 7.89. The molecule has 18 heavy (non-hydrogen) atoms. The second-order valence-corrected chi connectivity index (χ2v) is 5.60. The van der Waals surface area contributed by atoms with Crippen LogP contribution in [-0.4, -0.2) is 26.3 Å². The first-order valence-corrected chi connectivity index (χ1v) is 7.06. The Labute approximate surface area is 106 Å². The van der Waals surface area contributed by atoms with Gasteiger partial charge in [-0.05, 0) is 12.5 Å². The Morgan fingerprint density at radius 2 is 2.00 bits per heavy atom. The van der Waals surface area contributed by atoms with Crippen LogP contribution in [0.2, 0.25) is 0 Å². The molecule has 1 amide bonds. The van der Waals surface area contributed by atoms with Crippen LogP contribution < -0.4 is 10.5 Å². The monoisotopic (exact) mass is 272 g/mol. The first-order valence-electron chi connectivity index (χ1n) is 5.34. The van der Waals surface area contributed by atoms with E-state index in [2.05, 4.69) is 5.32 Å². The number of primary sulfonamides is 1. The Morgan fingerprint density at radius 1 is 1.39 bits per heavy atom. The maximum Gasteiger partial charge on any atom is 0.407 e. The lowest BCUT2D eigenvalue weighted by atomic mass is 10.2. The summed E-state index contributed by atoms with van der Waals surface area (Å²) in [6.07, 6.45) is -0.671. The molecule has 3 N–H and O–H groups in total. The minimum Gasteiger partial charge on any atom is -0.445 e. The van der Waals surface area contributed by atoms with E-state index in [1.165, 1.54) is 6.92 Å². The van der Waals surface area contributed by atoms with Gasteiger partial charge in [-0.15, -0.1) is 0 Å². The second kappa shape index (κ2) is 6.36. The fourth-order valence-corrected chi connectivity index (χ4v) is 2.14. The number of carbonyl (C=O) groups excluding carboxylic acids is 1. The predicted molar refractivity (Wildman–Crippen MR) is 67.2 cm³/mol.